The smallest absolute Gasteiger partial charge is 0.242 e. The molecule has 0 aliphatic carbocycles. The lowest BCUT2D eigenvalue weighted by Gasteiger charge is -2.14. The van der Waals surface area contributed by atoms with Gasteiger partial charge in [0.1, 0.15) is 0 Å². The van der Waals surface area contributed by atoms with E-state index in [9.17, 15) is 8.42 Å². The van der Waals surface area contributed by atoms with E-state index in [0.29, 0.717) is 12.3 Å². The van der Waals surface area contributed by atoms with Crippen molar-refractivity contribution < 1.29 is 13.3 Å². The summed E-state index contributed by atoms with van der Waals surface area (Å²) in [5, 5.41) is 3.13. The van der Waals surface area contributed by atoms with Gasteiger partial charge in [-0.25, -0.2) is 18.2 Å². The number of nitrogens with zero attached hydrogens (tertiary/aromatic N) is 1. The highest BCUT2D eigenvalue weighted by Gasteiger charge is 2.17. The van der Waals surface area contributed by atoms with Gasteiger partial charge in [0, 0.05) is 19.8 Å². The summed E-state index contributed by atoms with van der Waals surface area (Å²) in [6, 6.07) is 16.1. The van der Waals surface area contributed by atoms with Crippen LogP contribution in [-0.4, -0.2) is 31.9 Å². The second-order valence-electron chi connectivity index (χ2n) is 5.15. The molecule has 6 nitrogen and oxygen atoms in total. The van der Waals surface area contributed by atoms with Crippen molar-refractivity contribution in [1.82, 2.24) is 9.79 Å². The summed E-state index contributed by atoms with van der Waals surface area (Å²) in [7, 11) is -0.519. The van der Waals surface area contributed by atoms with Gasteiger partial charge in [0.05, 0.1) is 11.5 Å². The van der Waals surface area contributed by atoms with Crippen LogP contribution in [0.3, 0.4) is 0 Å². The molecule has 0 radical (unpaired) electrons. The summed E-state index contributed by atoms with van der Waals surface area (Å²) < 4.78 is 25.4. The van der Waals surface area contributed by atoms with Gasteiger partial charge in [-0.15, -0.1) is 0 Å². The van der Waals surface area contributed by atoms with Gasteiger partial charge in [-0.05, 0) is 36.0 Å². The van der Waals surface area contributed by atoms with Crippen molar-refractivity contribution in [1.29, 1.82) is 0 Å². The van der Waals surface area contributed by atoms with E-state index < -0.39 is 10.0 Å². The van der Waals surface area contributed by atoms with Gasteiger partial charge in [0.2, 0.25) is 10.0 Å². The Morgan fingerprint density at radius 3 is 2.50 bits per heavy atom. The van der Waals surface area contributed by atoms with Crippen LogP contribution in [0.15, 0.2) is 59.5 Å². The van der Waals surface area contributed by atoms with E-state index in [0.717, 1.165) is 9.87 Å². The van der Waals surface area contributed by atoms with Gasteiger partial charge in [-0.1, -0.05) is 36.4 Å². The predicted molar refractivity (Wildman–Crippen MR) is 97.9 cm³/mol. The summed E-state index contributed by atoms with van der Waals surface area (Å²) in [6.45, 7) is 0.359. The molecule has 0 spiro atoms. The minimum atomic E-state index is -3.49. The summed E-state index contributed by atoms with van der Waals surface area (Å²) in [6.07, 6.45) is 0. The Hall–Kier alpha value is -2.00. The topological polar surface area (TPSA) is 70.7 Å². The summed E-state index contributed by atoms with van der Waals surface area (Å²) in [4.78, 5) is 5.49. The number of nitrogens with one attached hydrogen (secondary N) is 2. The molecule has 0 saturated heterocycles. The normalized spacial score (nSPS) is 11.3. The Morgan fingerprint density at radius 2 is 1.83 bits per heavy atom. The number of rotatable bonds is 6. The van der Waals surface area contributed by atoms with Crippen LogP contribution in [0.5, 0.6) is 0 Å². The molecule has 0 amide bonds. The molecule has 2 aromatic rings. The summed E-state index contributed by atoms with van der Waals surface area (Å²) >= 11 is 5.13. The molecule has 2 N–H and O–H groups in total. The SMILES string of the molecule is CN(C)S(=O)(=O)c1cccc(NC(=S)NOCc2ccccc2)c1. The molecule has 24 heavy (non-hydrogen) atoms. The molecule has 0 aromatic heterocycles. The number of hydroxylamine groups is 1. The zero-order chi connectivity index (χ0) is 17.6. The Kier molecular flexibility index (Phi) is 6.27. The highest BCUT2D eigenvalue weighted by Crippen LogP contribution is 2.17. The molecule has 0 aliphatic rings. The molecule has 0 saturated carbocycles. The van der Waals surface area contributed by atoms with E-state index in [4.69, 9.17) is 17.1 Å². The fourth-order valence-corrected chi connectivity index (χ4v) is 2.99. The molecule has 0 atom stereocenters. The number of benzene rings is 2. The van der Waals surface area contributed by atoms with Crippen LogP contribution in [0, 0.1) is 0 Å². The number of sulfonamides is 1. The molecular weight excluding hydrogens is 346 g/mol. The number of thiocarbonyl (C=S) groups is 1. The fraction of sp³-hybridized carbons (Fsp3) is 0.188. The van der Waals surface area contributed by atoms with Gasteiger partial charge >= 0.3 is 0 Å². The van der Waals surface area contributed by atoms with E-state index in [2.05, 4.69) is 10.8 Å². The van der Waals surface area contributed by atoms with E-state index in [1.54, 1.807) is 12.1 Å². The maximum Gasteiger partial charge on any atom is 0.242 e. The van der Waals surface area contributed by atoms with Crippen molar-refractivity contribution in [2.24, 2.45) is 0 Å². The van der Waals surface area contributed by atoms with Crippen LogP contribution in [0.4, 0.5) is 5.69 Å². The predicted octanol–water partition coefficient (Wildman–Crippen LogP) is 2.36. The van der Waals surface area contributed by atoms with Gasteiger partial charge < -0.3 is 5.32 Å². The molecule has 0 bridgehead atoms. The molecule has 2 aromatic carbocycles. The summed E-state index contributed by atoms with van der Waals surface area (Å²) in [5.41, 5.74) is 4.18. The van der Waals surface area contributed by atoms with Crippen molar-refractivity contribution in [3.63, 3.8) is 0 Å². The van der Waals surface area contributed by atoms with E-state index in [1.165, 1.54) is 26.2 Å². The monoisotopic (exact) mass is 365 g/mol. The lowest BCUT2D eigenvalue weighted by Crippen LogP contribution is -2.28. The Balaban J connectivity index is 1.92. The number of hydrogen-bond acceptors (Lipinski definition) is 4. The lowest BCUT2D eigenvalue weighted by atomic mass is 10.2. The largest absolute Gasteiger partial charge is 0.331 e. The van der Waals surface area contributed by atoms with E-state index >= 15 is 0 Å². The van der Waals surface area contributed by atoms with Crippen LogP contribution < -0.4 is 10.8 Å². The highest BCUT2D eigenvalue weighted by atomic mass is 32.2. The fourth-order valence-electron chi connectivity index (χ4n) is 1.86. The Labute approximate surface area is 147 Å². The third kappa shape index (κ3) is 5.00. The minimum absolute atomic E-state index is 0.186. The van der Waals surface area contributed by atoms with Crippen LogP contribution in [-0.2, 0) is 21.5 Å². The lowest BCUT2D eigenvalue weighted by molar-refractivity contribution is 0.0728. The third-order valence-electron chi connectivity index (χ3n) is 3.12. The molecule has 0 unspecified atom stereocenters. The maximum absolute atomic E-state index is 12.1. The van der Waals surface area contributed by atoms with Gasteiger partial charge in [0.25, 0.3) is 0 Å². The van der Waals surface area contributed by atoms with Crippen molar-refractivity contribution in [2.45, 2.75) is 11.5 Å². The van der Waals surface area contributed by atoms with Crippen LogP contribution in [0.2, 0.25) is 0 Å². The average Bonchev–Trinajstić information content (AvgIpc) is 2.56. The molecule has 128 valence electrons. The van der Waals surface area contributed by atoms with Gasteiger partial charge in [0.15, 0.2) is 5.11 Å². The van der Waals surface area contributed by atoms with E-state index in [-0.39, 0.29) is 10.0 Å². The number of hydrogen-bond donors (Lipinski definition) is 2. The molecule has 2 rings (SSSR count). The van der Waals surface area contributed by atoms with Crippen LogP contribution >= 0.6 is 12.2 Å². The standard InChI is InChI=1S/C16H19N3O3S2/c1-19(2)24(20,21)15-10-6-9-14(11-15)17-16(23)18-22-12-13-7-4-3-5-8-13/h3-11H,12H2,1-2H3,(H2,17,18,23). The molecule has 0 fully saturated rings. The van der Waals surface area contributed by atoms with Crippen LogP contribution in [0.25, 0.3) is 0 Å². The van der Waals surface area contributed by atoms with Crippen molar-refractivity contribution >= 4 is 33.0 Å². The quantitative estimate of drug-likeness (QED) is 0.605. The first-order chi connectivity index (χ1) is 11.4. The zero-order valence-electron chi connectivity index (χ0n) is 13.4. The maximum atomic E-state index is 12.1. The second-order valence-corrected chi connectivity index (χ2v) is 7.71. The second kappa shape index (κ2) is 8.20. The average molecular weight is 365 g/mol. The van der Waals surface area contributed by atoms with Crippen molar-refractivity contribution in [2.75, 3.05) is 19.4 Å². The first kappa shape index (κ1) is 18.3. The highest BCUT2D eigenvalue weighted by molar-refractivity contribution is 7.89. The summed E-state index contributed by atoms with van der Waals surface area (Å²) in [5.74, 6) is 0. The molecule has 0 heterocycles. The first-order valence-electron chi connectivity index (χ1n) is 7.15. The molecular formula is C16H19N3O3S2. The third-order valence-corrected chi connectivity index (χ3v) is 5.11. The number of anilines is 1. The van der Waals surface area contributed by atoms with Crippen LogP contribution in [0.1, 0.15) is 5.56 Å². The Morgan fingerprint density at radius 1 is 1.12 bits per heavy atom. The molecule has 8 heteroatoms. The van der Waals surface area contributed by atoms with Crippen molar-refractivity contribution in [3.05, 3.63) is 60.2 Å². The Bertz CT molecular complexity index is 793. The first-order valence-corrected chi connectivity index (χ1v) is 9.00. The van der Waals surface area contributed by atoms with Gasteiger partial charge in [-0.2, -0.15) is 0 Å². The zero-order valence-corrected chi connectivity index (χ0v) is 15.0. The molecule has 0 aliphatic heterocycles. The van der Waals surface area contributed by atoms with E-state index in [1.807, 2.05) is 30.3 Å². The van der Waals surface area contributed by atoms with Gasteiger partial charge in [-0.3, -0.25) is 4.84 Å². The van der Waals surface area contributed by atoms with Crippen molar-refractivity contribution in [3.8, 4) is 0 Å². The minimum Gasteiger partial charge on any atom is -0.331 e.